The Hall–Kier alpha value is -1.30. The van der Waals surface area contributed by atoms with Gasteiger partial charge in [0.25, 0.3) is 0 Å². The van der Waals surface area contributed by atoms with E-state index >= 15 is 0 Å². The lowest BCUT2D eigenvalue weighted by Gasteiger charge is -2.00. The van der Waals surface area contributed by atoms with Crippen LogP contribution in [0.1, 0.15) is 34.1 Å². The summed E-state index contributed by atoms with van der Waals surface area (Å²) in [6.45, 7) is 15.9. The number of rotatable bonds is 2. The van der Waals surface area contributed by atoms with Crippen molar-refractivity contribution in [2.45, 2.75) is 34.1 Å². The molecule has 0 spiro atoms. The summed E-state index contributed by atoms with van der Waals surface area (Å²) < 4.78 is 0. The molecule has 0 saturated heterocycles. The molecule has 0 radical (unpaired) electrons. The molecule has 1 aliphatic carbocycles. The first-order chi connectivity index (χ1) is 7.19. The highest BCUT2D eigenvalue weighted by Gasteiger charge is 2.03. The third kappa shape index (κ3) is 3.75. The second kappa shape index (κ2) is 7.05. The molecule has 0 N–H and O–H groups in total. The highest BCUT2D eigenvalue weighted by molar-refractivity contribution is 5.51. The molecule has 0 saturated carbocycles. The van der Waals surface area contributed by atoms with E-state index in [2.05, 4.69) is 39.2 Å². The van der Waals surface area contributed by atoms with E-state index in [4.69, 9.17) is 0 Å². The van der Waals surface area contributed by atoms with Crippen LogP contribution in [-0.4, -0.2) is 0 Å². The fourth-order valence-electron chi connectivity index (χ4n) is 1.36. The van der Waals surface area contributed by atoms with Gasteiger partial charge < -0.3 is 0 Å². The molecular weight excluding hydrogens is 180 g/mol. The number of hydrogen-bond acceptors (Lipinski definition) is 0. The van der Waals surface area contributed by atoms with E-state index in [9.17, 15) is 0 Å². The molecule has 0 aliphatic heterocycles. The Morgan fingerprint density at radius 2 is 1.60 bits per heavy atom. The van der Waals surface area contributed by atoms with Crippen LogP contribution in [0.15, 0.2) is 59.8 Å². The Morgan fingerprint density at radius 1 is 1.07 bits per heavy atom. The van der Waals surface area contributed by atoms with Crippen LogP contribution >= 0.6 is 0 Å². The first-order valence-corrected chi connectivity index (χ1v) is 5.52. The molecule has 0 atom stereocenters. The molecule has 0 fully saturated rings. The van der Waals surface area contributed by atoms with Gasteiger partial charge in [-0.1, -0.05) is 62.5 Å². The van der Waals surface area contributed by atoms with Gasteiger partial charge in [0.05, 0.1) is 0 Å². The topological polar surface area (TPSA) is 0 Å². The van der Waals surface area contributed by atoms with Crippen LogP contribution in [0.2, 0.25) is 0 Å². The summed E-state index contributed by atoms with van der Waals surface area (Å²) in [6, 6.07) is 0. The molecule has 15 heavy (non-hydrogen) atoms. The molecule has 82 valence electrons. The smallest absolute Gasteiger partial charge is 0.0127 e. The average molecular weight is 202 g/mol. The quantitative estimate of drug-likeness (QED) is 0.592. The lowest BCUT2D eigenvalue weighted by molar-refractivity contribution is 1.17. The summed E-state index contributed by atoms with van der Waals surface area (Å²) in [5, 5.41) is 0. The summed E-state index contributed by atoms with van der Waals surface area (Å²) in [7, 11) is 0. The van der Waals surface area contributed by atoms with Gasteiger partial charge in [-0.25, -0.2) is 0 Å². The molecule has 0 nitrogen and oxygen atoms in total. The summed E-state index contributed by atoms with van der Waals surface area (Å²) >= 11 is 0. The van der Waals surface area contributed by atoms with Gasteiger partial charge in [-0.3, -0.25) is 0 Å². The summed E-state index contributed by atoms with van der Waals surface area (Å²) in [5.74, 6) is 0. The molecule has 0 bridgehead atoms. The summed E-state index contributed by atoms with van der Waals surface area (Å²) in [5.41, 5.74) is 5.11. The minimum Gasteiger partial charge on any atom is -0.0985 e. The third-order valence-electron chi connectivity index (χ3n) is 2.45. The van der Waals surface area contributed by atoms with Crippen LogP contribution in [0.3, 0.4) is 0 Å². The van der Waals surface area contributed by atoms with E-state index < -0.39 is 0 Å². The van der Waals surface area contributed by atoms with E-state index in [-0.39, 0.29) is 0 Å². The molecule has 0 aromatic rings. The molecule has 1 rings (SSSR count). The van der Waals surface area contributed by atoms with Gasteiger partial charge in [-0.2, -0.15) is 0 Å². The van der Waals surface area contributed by atoms with Gasteiger partial charge in [0.1, 0.15) is 0 Å². The minimum atomic E-state index is 1.01. The Labute approximate surface area is 94.4 Å². The first-order valence-electron chi connectivity index (χ1n) is 5.52. The summed E-state index contributed by atoms with van der Waals surface area (Å²) in [4.78, 5) is 0. The zero-order valence-corrected chi connectivity index (χ0v) is 10.4. The highest BCUT2D eigenvalue weighted by Crippen LogP contribution is 2.23. The Bertz CT molecular complexity index is 322. The molecule has 0 heterocycles. The molecule has 0 heteroatoms. The second-order valence-electron chi connectivity index (χ2n) is 3.33. The minimum absolute atomic E-state index is 1.01. The third-order valence-corrected chi connectivity index (χ3v) is 2.45. The average Bonchev–Trinajstić information content (AvgIpc) is 2.42. The van der Waals surface area contributed by atoms with Crippen molar-refractivity contribution in [1.29, 1.82) is 0 Å². The largest absolute Gasteiger partial charge is 0.0985 e. The molecule has 0 unspecified atom stereocenters. The lowest BCUT2D eigenvalue weighted by Crippen LogP contribution is -1.80. The first kappa shape index (κ1) is 13.7. The normalized spacial score (nSPS) is 15.5. The fourth-order valence-corrected chi connectivity index (χ4v) is 1.36. The highest BCUT2D eigenvalue weighted by atomic mass is 14.1. The van der Waals surface area contributed by atoms with Gasteiger partial charge in [0.15, 0.2) is 0 Å². The Kier molecular flexibility index (Phi) is 6.44. The zero-order chi connectivity index (χ0) is 11.8. The second-order valence-corrected chi connectivity index (χ2v) is 3.33. The van der Waals surface area contributed by atoms with E-state index in [0.717, 1.165) is 6.42 Å². The van der Waals surface area contributed by atoms with Gasteiger partial charge in [-0.15, -0.1) is 0 Å². The van der Waals surface area contributed by atoms with Crippen molar-refractivity contribution >= 4 is 0 Å². The standard InChI is InChI=1S/C13H16.C2H6/c1-5-12-8-7-10(3)11(4)9-13(12)6-2;1-2/h5-6,8-9H,1-2,7H2,3-4H3;1-2H3. The molecule has 0 amide bonds. The predicted molar refractivity (Wildman–Crippen MR) is 70.9 cm³/mol. The van der Waals surface area contributed by atoms with Crippen molar-refractivity contribution in [3.8, 4) is 0 Å². The van der Waals surface area contributed by atoms with Crippen molar-refractivity contribution in [2.24, 2.45) is 0 Å². The van der Waals surface area contributed by atoms with Crippen LogP contribution in [0.4, 0.5) is 0 Å². The maximum atomic E-state index is 3.80. The molecular formula is C15H22. The van der Waals surface area contributed by atoms with Crippen LogP contribution in [-0.2, 0) is 0 Å². The van der Waals surface area contributed by atoms with Crippen LogP contribution < -0.4 is 0 Å². The van der Waals surface area contributed by atoms with Gasteiger partial charge in [0, 0.05) is 0 Å². The maximum Gasteiger partial charge on any atom is -0.0127 e. The van der Waals surface area contributed by atoms with Crippen molar-refractivity contribution in [1.82, 2.24) is 0 Å². The van der Waals surface area contributed by atoms with E-state index in [1.165, 1.54) is 22.3 Å². The van der Waals surface area contributed by atoms with E-state index in [0.29, 0.717) is 0 Å². The molecule has 1 aliphatic rings. The van der Waals surface area contributed by atoms with Gasteiger partial charge >= 0.3 is 0 Å². The Morgan fingerprint density at radius 3 is 2.07 bits per heavy atom. The van der Waals surface area contributed by atoms with Gasteiger partial charge in [-0.05, 0) is 31.4 Å². The zero-order valence-electron chi connectivity index (χ0n) is 10.4. The Balaban J connectivity index is 0.000000921. The monoisotopic (exact) mass is 202 g/mol. The molecule has 0 aromatic carbocycles. The predicted octanol–water partition coefficient (Wildman–Crippen LogP) is 4.98. The number of allylic oxidation sites excluding steroid dienone is 8. The SMILES string of the molecule is C=CC1=CCC(C)=C(C)C=C1C=C.CC. The fraction of sp³-hybridized carbons (Fsp3) is 0.333. The number of hydrogen-bond donors (Lipinski definition) is 0. The van der Waals surface area contributed by atoms with Gasteiger partial charge in [0.2, 0.25) is 0 Å². The van der Waals surface area contributed by atoms with E-state index in [1.54, 1.807) is 0 Å². The molecule has 0 aromatic heterocycles. The van der Waals surface area contributed by atoms with Crippen molar-refractivity contribution in [3.05, 3.63) is 59.8 Å². The van der Waals surface area contributed by atoms with Crippen LogP contribution in [0.25, 0.3) is 0 Å². The van der Waals surface area contributed by atoms with Crippen molar-refractivity contribution in [3.63, 3.8) is 0 Å². The van der Waals surface area contributed by atoms with Crippen LogP contribution in [0, 0.1) is 0 Å². The lowest BCUT2D eigenvalue weighted by atomic mass is 10.1. The summed E-state index contributed by atoms with van der Waals surface area (Å²) in [6.07, 6.45) is 9.16. The van der Waals surface area contributed by atoms with Crippen molar-refractivity contribution in [2.75, 3.05) is 0 Å². The van der Waals surface area contributed by atoms with Crippen molar-refractivity contribution < 1.29 is 0 Å². The maximum absolute atomic E-state index is 3.80. The van der Waals surface area contributed by atoms with Crippen LogP contribution in [0.5, 0.6) is 0 Å². The van der Waals surface area contributed by atoms with E-state index in [1.807, 2.05) is 26.0 Å².